The first kappa shape index (κ1) is 20.6. The largest absolute Gasteiger partial charge is 0.493 e. The summed E-state index contributed by atoms with van der Waals surface area (Å²) in [6.07, 6.45) is 1.99. The van der Waals surface area contributed by atoms with Crippen molar-refractivity contribution in [2.45, 2.75) is 0 Å². The zero-order chi connectivity index (χ0) is 23.3. The van der Waals surface area contributed by atoms with Crippen molar-refractivity contribution in [3.63, 3.8) is 0 Å². The molecule has 2 aromatic carbocycles. The van der Waals surface area contributed by atoms with Gasteiger partial charge in [0.05, 0.1) is 25.3 Å². The summed E-state index contributed by atoms with van der Waals surface area (Å²) in [7, 11) is 6.70. The Hall–Kier alpha value is -4.33. The molecule has 0 saturated heterocycles. The SMILES string of the molecule is COc1ccc(-c2cc(-c3cn(C)c4ccccc34)c3c(=O)[nH]c(=O)n(C)c3n2)cc1OC. The van der Waals surface area contributed by atoms with E-state index in [4.69, 9.17) is 14.5 Å². The Morgan fingerprint density at radius 2 is 1.67 bits per heavy atom. The van der Waals surface area contributed by atoms with Crippen LogP contribution >= 0.6 is 0 Å². The lowest BCUT2D eigenvalue weighted by molar-refractivity contribution is 0.355. The fourth-order valence-electron chi connectivity index (χ4n) is 4.25. The maximum atomic E-state index is 13.0. The number of hydrogen-bond acceptors (Lipinski definition) is 5. The molecule has 0 aliphatic carbocycles. The first-order chi connectivity index (χ1) is 15.9. The van der Waals surface area contributed by atoms with Gasteiger partial charge in [-0.2, -0.15) is 0 Å². The van der Waals surface area contributed by atoms with E-state index >= 15 is 0 Å². The number of pyridine rings is 1. The third kappa shape index (κ3) is 3.18. The number of nitrogens with one attached hydrogen (secondary N) is 1. The van der Waals surface area contributed by atoms with Crippen molar-refractivity contribution in [3.8, 4) is 33.9 Å². The van der Waals surface area contributed by atoms with Crippen molar-refractivity contribution in [2.24, 2.45) is 14.1 Å². The normalized spacial score (nSPS) is 11.3. The topological polar surface area (TPSA) is 91.1 Å². The van der Waals surface area contributed by atoms with Crippen LogP contribution in [0.3, 0.4) is 0 Å². The van der Waals surface area contributed by atoms with E-state index in [-0.39, 0.29) is 0 Å². The van der Waals surface area contributed by atoms with Gasteiger partial charge in [0.2, 0.25) is 0 Å². The Kier molecular flexibility index (Phi) is 4.78. The van der Waals surface area contributed by atoms with E-state index in [0.29, 0.717) is 33.8 Å². The summed E-state index contributed by atoms with van der Waals surface area (Å²) >= 11 is 0. The second-order valence-electron chi connectivity index (χ2n) is 7.81. The van der Waals surface area contributed by atoms with Gasteiger partial charge in [0.15, 0.2) is 17.1 Å². The summed E-state index contributed by atoms with van der Waals surface area (Å²) in [5.41, 5.74) is 3.29. The molecule has 0 bridgehead atoms. The van der Waals surface area contributed by atoms with Crippen LogP contribution in [-0.4, -0.2) is 33.3 Å². The molecule has 166 valence electrons. The van der Waals surface area contributed by atoms with Gasteiger partial charge in [0.25, 0.3) is 5.56 Å². The molecule has 0 amide bonds. The second-order valence-corrected chi connectivity index (χ2v) is 7.81. The zero-order valence-corrected chi connectivity index (χ0v) is 18.7. The van der Waals surface area contributed by atoms with Gasteiger partial charge >= 0.3 is 5.69 Å². The van der Waals surface area contributed by atoms with Gasteiger partial charge in [-0.05, 0) is 30.3 Å². The number of fused-ring (bicyclic) bond motifs is 2. The fraction of sp³-hybridized carbons (Fsp3) is 0.160. The molecule has 33 heavy (non-hydrogen) atoms. The first-order valence-electron chi connectivity index (χ1n) is 10.3. The van der Waals surface area contributed by atoms with Crippen molar-refractivity contribution < 1.29 is 9.47 Å². The molecule has 0 saturated carbocycles. The standard InChI is InChI=1S/C25H22N4O4/c1-28-13-17(15-7-5-6-8-19(15)28)16-12-18(14-9-10-20(32-3)21(11-14)33-4)26-23-22(16)24(30)27-25(31)29(23)2/h5-13H,1-4H3,(H,27,30,31). The maximum absolute atomic E-state index is 13.0. The number of aromatic amines is 1. The molecule has 8 nitrogen and oxygen atoms in total. The molecule has 5 rings (SSSR count). The number of nitrogens with zero attached hydrogens (tertiary/aromatic N) is 3. The Morgan fingerprint density at radius 1 is 0.909 bits per heavy atom. The number of methoxy groups -OCH3 is 2. The number of rotatable bonds is 4. The second kappa shape index (κ2) is 7.67. The summed E-state index contributed by atoms with van der Waals surface area (Å²) in [4.78, 5) is 32.5. The monoisotopic (exact) mass is 442 g/mol. The van der Waals surface area contributed by atoms with Gasteiger partial charge in [-0.15, -0.1) is 0 Å². The molecule has 0 unspecified atom stereocenters. The summed E-state index contributed by atoms with van der Waals surface area (Å²) < 4.78 is 14.2. The van der Waals surface area contributed by atoms with Crippen molar-refractivity contribution in [1.82, 2.24) is 19.1 Å². The number of para-hydroxylation sites is 1. The number of benzene rings is 2. The van der Waals surface area contributed by atoms with E-state index in [0.717, 1.165) is 22.0 Å². The van der Waals surface area contributed by atoms with E-state index in [1.165, 1.54) is 4.57 Å². The number of aryl methyl sites for hydroxylation is 2. The maximum Gasteiger partial charge on any atom is 0.329 e. The number of aromatic nitrogens is 4. The highest BCUT2D eigenvalue weighted by atomic mass is 16.5. The van der Waals surface area contributed by atoms with E-state index in [2.05, 4.69) is 4.98 Å². The minimum Gasteiger partial charge on any atom is -0.493 e. The number of H-pyrrole nitrogens is 1. The minimum absolute atomic E-state index is 0.305. The third-order valence-corrected chi connectivity index (χ3v) is 5.94. The smallest absolute Gasteiger partial charge is 0.329 e. The van der Waals surface area contributed by atoms with Gasteiger partial charge in [-0.1, -0.05) is 18.2 Å². The Morgan fingerprint density at radius 3 is 2.42 bits per heavy atom. The number of hydrogen-bond donors (Lipinski definition) is 1. The average molecular weight is 442 g/mol. The van der Waals surface area contributed by atoms with E-state index < -0.39 is 11.2 Å². The molecular formula is C25H22N4O4. The van der Waals surface area contributed by atoms with Gasteiger partial charge < -0.3 is 14.0 Å². The van der Waals surface area contributed by atoms with Gasteiger partial charge in [-0.25, -0.2) is 9.78 Å². The summed E-state index contributed by atoms with van der Waals surface area (Å²) in [5, 5.41) is 1.36. The Balaban J connectivity index is 1.90. The lowest BCUT2D eigenvalue weighted by atomic mass is 9.99. The summed E-state index contributed by atoms with van der Waals surface area (Å²) in [6, 6.07) is 15.4. The Labute approximate surface area is 188 Å². The van der Waals surface area contributed by atoms with Gasteiger partial charge in [-0.3, -0.25) is 14.3 Å². The average Bonchev–Trinajstić information content (AvgIpc) is 3.17. The summed E-state index contributed by atoms with van der Waals surface area (Å²) in [6.45, 7) is 0. The third-order valence-electron chi connectivity index (χ3n) is 5.94. The Bertz CT molecular complexity index is 1660. The van der Waals surface area contributed by atoms with Crippen LogP contribution in [0.25, 0.3) is 44.3 Å². The molecule has 5 aromatic rings. The lowest BCUT2D eigenvalue weighted by Gasteiger charge is -2.13. The molecule has 0 fully saturated rings. The highest BCUT2D eigenvalue weighted by Gasteiger charge is 2.19. The molecule has 0 atom stereocenters. The highest BCUT2D eigenvalue weighted by Crippen LogP contribution is 2.37. The van der Waals surface area contributed by atoms with E-state index in [1.807, 2.05) is 60.3 Å². The predicted octanol–water partition coefficient (Wildman–Crippen LogP) is 3.46. The van der Waals surface area contributed by atoms with Crippen molar-refractivity contribution in [1.29, 1.82) is 0 Å². The molecule has 0 aliphatic heterocycles. The van der Waals surface area contributed by atoms with E-state index in [1.54, 1.807) is 27.3 Å². The molecule has 0 spiro atoms. The molecule has 8 heteroatoms. The van der Waals surface area contributed by atoms with Crippen LogP contribution < -0.4 is 20.7 Å². The van der Waals surface area contributed by atoms with Gasteiger partial charge in [0, 0.05) is 47.9 Å². The van der Waals surface area contributed by atoms with Crippen LogP contribution in [0.2, 0.25) is 0 Å². The quantitative estimate of drug-likeness (QED) is 0.460. The molecule has 3 aromatic heterocycles. The number of ether oxygens (including phenoxy) is 2. The molecule has 0 aliphatic rings. The van der Waals surface area contributed by atoms with Crippen molar-refractivity contribution in [3.05, 3.63) is 75.6 Å². The first-order valence-corrected chi connectivity index (χ1v) is 10.3. The molecule has 3 heterocycles. The molecule has 0 radical (unpaired) electrons. The minimum atomic E-state index is -0.520. The predicted molar refractivity (Wildman–Crippen MR) is 128 cm³/mol. The van der Waals surface area contributed by atoms with Crippen LogP contribution in [0.5, 0.6) is 11.5 Å². The van der Waals surface area contributed by atoms with Crippen molar-refractivity contribution >= 4 is 21.9 Å². The molecule has 1 N–H and O–H groups in total. The highest BCUT2D eigenvalue weighted by molar-refractivity contribution is 6.04. The van der Waals surface area contributed by atoms with Crippen LogP contribution in [-0.2, 0) is 14.1 Å². The summed E-state index contributed by atoms with van der Waals surface area (Å²) in [5.74, 6) is 1.16. The van der Waals surface area contributed by atoms with Crippen LogP contribution in [0.1, 0.15) is 0 Å². The fourth-order valence-corrected chi connectivity index (χ4v) is 4.25. The van der Waals surface area contributed by atoms with Gasteiger partial charge in [0.1, 0.15) is 0 Å². The van der Waals surface area contributed by atoms with Crippen LogP contribution in [0, 0.1) is 0 Å². The lowest BCUT2D eigenvalue weighted by Crippen LogP contribution is -2.29. The van der Waals surface area contributed by atoms with Crippen LogP contribution in [0.4, 0.5) is 0 Å². The van der Waals surface area contributed by atoms with E-state index in [9.17, 15) is 9.59 Å². The zero-order valence-electron chi connectivity index (χ0n) is 18.7. The molecular weight excluding hydrogens is 420 g/mol. The van der Waals surface area contributed by atoms with Crippen LogP contribution in [0.15, 0.2) is 64.3 Å². The van der Waals surface area contributed by atoms with Crippen molar-refractivity contribution in [2.75, 3.05) is 14.2 Å².